The summed E-state index contributed by atoms with van der Waals surface area (Å²) >= 11 is 2.21. The number of nitrogens with one attached hydrogen (secondary N) is 2. The first kappa shape index (κ1) is 23.7. The number of carbonyl (C=O) groups excluding carboxylic acids is 2. The molecule has 1 heterocycles. The normalized spacial score (nSPS) is 21.2. The highest BCUT2D eigenvalue weighted by Crippen LogP contribution is 2.33. The first-order chi connectivity index (χ1) is 12.4. The quantitative estimate of drug-likeness (QED) is 0.150. The largest absolute Gasteiger partial charge is 0.378 e. The van der Waals surface area contributed by atoms with Gasteiger partial charge in [0.15, 0.2) is 0 Å². The molecule has 0 aromatic heterocycles. The molecule has 4 unspecified atom stereocenters. The summed E-state index contributed by atoms with van der Waals surface area (Å²) in [6.07, 6.45) is 3.15. The first-order valence-corrected chi connectivity index (χ1v) is 10.7. The van der Waals surface area contributed by atoms with Gasteiger partial charge in [0.25, 0.3) is 0 Å². The predicted molar refractivity (Wildman–Crippen MR) is 109 cm³/mol. The lowest BCUT2D eigenvalue weighted by molar-refractivity contribution is -0.127. The number of hydrogen-bond donors (Lipinski definition) is 2. The fourth-order valence-electron chi connectivity index (χ4n) is 2.43. The minimum absolute atomic E-state index is 0.0102. The number of carbonyl (C=O) groups is 2. The topological polar surface area (TPSA) is 89.2 Å². The van der Waals surface area contributed by atoms with Crippen LogP contribution in [0.4, 0.5) is 0 Å². The molecular formula is C18H33IN2O5. The van der Waals surface area contributed by atoms with E-state index in [-0.39, 0.29) is 34.6 Å². The van der Waals surface area contributed by atoms with E-state index in [0.717, 1.165) is 25.8 Å². The van der Waals surface area contributed by atoms with Crippen molar-refractivity contribution in [1.82, 2.24) is 10.6 Å². The van der Waals surface area contributed by atoms with E-state index < -0.39 is 0 Å². The molecule has 0 spiro atoms. The fourth-order valence-corrected chi connectivity index (χ4v) is 3.27. The van der Waals surface area contributed by atoms with Crippen LogP contribution in [0.2, 0.25) is 0 Å². The molecule has 0 aliphatic carbocycles. The first-order valence-electron chi connectivity index (χ1n) is 9.41. The molecule has 152 valence electrons. The fraction of sp³-hybridized carbons (Fsp3) is 0.889. The molecule has 0 aromatic carbocycles. The highest BCUT2D eigenvalue weighted by atomic mass is 127. The summed E-state index contributed by atoms with van der Waals surface area (Å²) in [5.74, 6) is 0.0101. The zero-order valence-electron chi connectivity index (χ0n) is 16.1. The van der Waals surface area contributed by atoms with Crippen LogP contribution in [0.15, 0.2) is 0 Å². The van der Waals surface area contributed by atoms with Gasteiger partial charge >= 0.3 is 0 Å². The Morgan fingerprint density at radius 2 is 1.92 bits per heavy atom. The smallest absolute Gasteiger partial charge is 0.246 e. The van der Waals surface area contributed by atoms with Crippen molar-refractivity contribution < 1.29 is 23.8 Å². The van der Waals surface area contributed by atoms with Gasteiger partial charge in [0.05, 0.1) is 25.9 Å². The van der Waals surface area contributed by atoms with Crippen LogP contribution in [0.1, 0.15) is 46.5 Å². The van der Waals surface area contributed by atoms with Crippen LogP contribution in [0.25, 0.3) is 0 Å². The maximum absolute atomic E-state index is 12.0. The Bertz CT molecular complexity index is 424. The second-order valence-corrected chi connectivity index (χ2v) is 7.88. The van der Waals surface area contributed by atoms with Gasteiger partial charge in [-0.05, 0) is 55.7 Å². The van der Waals surface area contributed by atoms with E-state index in [1.807, 2.05) is 0 Å². The standard InChI is InChI=1S/C18H33IN2O5/c1-4-13(2)20-8-9-24-10-11-25-12-16(23)21-15(17-18(19)26-17)7-5-6-14(3)22/h13,15,17-18,20H,4-12H2,1-3H3,(H,21,23). The highest BCUT2D eigenvalue weighted by molar-refractivity contribution is 14.1. The van der Waals surface area contributed by atoms with Gasteiger partial charge in [-0.3, -0.25) is 4.79 Å². The summed E-state index contributed by atoms with van der Waals surface area (Å²) in [6, 6.07) is 0.440. The number of ketones is 1. The van der Waals surface area contributed by atoms with Gasteiger partial charge in [0, 0.05) is 19.0 Å². The average Bonchev–Trinajstić information content (AvgIpc) is 3.32. The SMILES string of the molecule is CCC(C)NCCOCCOCC(=O)NC(CCCC(C)=O)C1OC1I. The summed E-state index contributed by atoms with van der Waals surface area (Å²) < 4.78 is 16.4. The van der Waals surface area contributed by atoms with Crippen molar-refractivity contribution in [2.75, 3.05) is 33.0 Å². The van der Waals surface area contributed by atoms with Crippen LogP contribution in [0.3, 0.4) is 0 Å². The number of hydrogen-bond acceptors (Lipinski definition) is 6. The van der Waals surface area contributed by atoms with E-state index in [1.165, 1.54) is 0 Å². The number of halogens is 1. The molecule has 1 amide bonds. The van der Waals surface area contributed by atoms with E-state index in [4.69, 9.17) is 14.2 Å². The van der Waals surface area contributed by atoms with Crippen molar-refractivity contribution in [3.63, 3.8) is 0 Å². The third-order valence-electron chi connectivity index (χ3n) is 4.21. The van der Waals surface area contributed by atoms with Crippen LogP contribution < -0.4 is 10.6 Å². The summed E-state index contributed by atoms with van der Waals surface area (Å²) in [5, 5.41) is 6.30. The lowest BCUT2D eigenvalue weighted by atomic mass is 10.1. The molecule has 1 aliphatic rings. The van der Waals surface area contributed by atoms with Crippen molar-refractivity contribution >= 4 is 34.3 Å². The number of amides is 1. The predicted octanol–water partition coefficient (Wildman–Crippen LogP) is 1.81. The average molecular weight is 484 g/mol. The Labute approximate surface area is 170 Å². The Morgan fingerprint density at radius 1 is 1.23 bits per heavy atom. The minimum atomic E-state index is -0.157. The second kappa shape index (κ2) is 13.8. The molecule has 4 atom stereocenters. The molecule has 1 rings (SSSR count). The summed E-state index contributed by atoms with van der Waals surface area (Å²) in [4.78, 5) is 23.1. The van der Waals surface area contributed by atoms with Crippen molar-refractivity contribution in [2.24, 2.45) is 0 Å². The van der Waals surface area contributed by atoms with Crippen molar-refractivity contribution in [3.05, 3.63) is 0 Å². The van der Waals surface area contributed by atoms with Crippen LogP contribution in [0, 0.1) is 0 Å². The minimum Gasteiger partial charge on any atom is -0.378 e. The number of epoxide rings is 1. The molecule has 1 saturated heterocycles. The molecule has 7 nitrogen and oxygen atoms in total. The van der Waals surface area contributed by atoms with Gasteiger partial charge in [-0.2, -0.15) is 0 Å². The Balaban J connectivity index is 2.07. The molecule has 1 aliphatic heterocycles. The van der Waals surface area contributed by atoms with Gasteiger partial charge in [-0.15, -0.1) is 0 Å². The van der Waals surface area contributed by atoms with Crippen LogP contribution in [-0.4, -0.2) is 67.0 Å². The number of alkyl halides is 1. The third-order valence-corrected chi connectivity index (χ3v) is 5.21. The Morgan fingerprint density at radius 3 is 2.54 bits per heavy atom. The van der Waals surface area contributed by atoms with Crippen molar-refractivity contribution in [3.8, 4) is 0 Å². The van der Waals surface area contributed by atoms with Gasteiger partial charge in [0.2, 0.25) is 5.91 Å². The summed E-state index contributed by atoms with van der Waals surface area (Å²) in [5.41, 5.74) is 0. The summed E-state index contributed by atoms with van der Waals surface area (Å²) in [7, 11) is 0. The van der Waals surface area contributed by atoms with E-state index in [9.17, 15) is 9.59 Å². The van der Waals surface area contributed by atoms with Gasteiger partial charge < -0.3 is 29.6 Å². The Kier molecular flexibility index (Phi) is 12.6. The molecular weight excluding hydrogens is 451 g/mol. The molecule has 8 heteroatoms. The number of rotatable bonds is 16. The van der Waals surface area contributed by atoms with Crippen LogP contribution >= 0.6 is 22.6 Å². The maximum atomic E-state index is 12.0. The number of ether oxygens (including phenoxy) is 3. The van der Waals surface area contributed by atoms with Crippen LogP contribution in [0.5, 0.6) is 0 Å². The Hall–Kier alpha value is -0.290. The lowest BCUT2D eigenvalue weighted by Gasteiger charge is -2.16. The van der Waals surface area contributed by atoms with Gasteiger partial charge in [-0.25, -0.2) is 0 Å². The van der Waals surface area contributed by atoms with Gasteiger partial charge in [-0.1, -0.05) is 6.92 Å². The van der Waals surface area contributed by atoms with E-state index in [0.29, 0.717) is 32.3 Å². The molecule has 0 saturated carbocycles. The van der Waals surface area contributed by atoms with Gasteiger partial charge in [0.1, 0.15) is 22.6 Å². The molecule has 0 aromatic rings. The van der Waals surface area contributed by atoms with E-state index in [2.05, 4.69) is 47.1 Å². The second-order valence-electron chi connectivity index (χ2n) is 6.65. The molecule has 26 heavy (non-hydrogen) atoms. The molecule has 2 N–H and O–H groups in total. The van der Waals surface area contributed by atoms with Crippen molar-refractivity contribution in [1.29, 1.82) is 0 Å². The molecule has 1 fully saturated rings. The lowest BCUT2D eigenvalue weighted by Crippen LogP contribution is -2.41. The maximum Gasteiger partial charge on any atom is 0.246 e. The van der Waals surface area contributed by atoms with Crippen molar-refractivity contribution in [2.45, 2.75) is 68.8 Å². The highest BCUT2D eigenvalue weighted by Gasteiger charge is 2.43. The molecule has 0 radical (unpaired) electrons. The number of Topliss-reactive ketones (excluding diaryl/α,β-unsaturated/α-hetero) is 1. The zero-order chi connectivity index (χ0) is 19.4. The monoisotopic (exact) mass is 484 g/mol. The third kappa shape index (κ3) is 11.4. The van der Waals surface area contributed by atoms with Crippen LogP contribution in [-0.2, 0) is 23.8 Å². The van der Waals surface area contributed by atoms with E-state index >= 15 is 0 Å². The van der Waals surface area contributed by atoms with E-state index in [1.54, 1.807) is 6.92 Å². The molecule has 0 bridgehead atoms. The summed E-state index contributed by atoms with van der Waals surface area (Å²) in [6.45, 7) is 8.18. The zero-order valence-corrected chi connectivity index (χ0v) is 18.3.